The number of nitrogens with one attached hydrogen (secondary N) is 1. The molecule has 4 nitrogen and oxygen atoms in total. The molecule has 20 heavy (non-hydrogen) atoms. The maximum Gasteiger partial charge on any atom is 0.522 e. The third-order valence-corrected chi connectivity index (χ3v) is 2.45. The summed E-state index contributed by atoms with van der Waals surface area (Å²) in [5.41, 5.74) is 0.847. The number of hydrogen-bond acceptors (Lipinski definition) is 4. The normalized spacial score (nSPS) is 11.4. The zero-order valence-electron chi connectivity index (χ0n) is 11.4. The molecule has 0 aliphatic heterocycles. The lowest BCUT2D eigenvalue weighted by atomic mass is 10.2. The van der Waals surface area contributed by atoms with Gasteiger partial charge in [-0.2, -0.15) is 0 Å². The Bertz CT molecular complexity index is 410. The third kappa shape index (κ3) is 6.12. The molecule has 0 bridgehead atoms. The van der Waals surface area contributed by atoms with Gasteiger partial charge in [0, 0.05) is 18.2 Å². The van der Waals surface area contributed by atoms with E-state index in [1.165, 1.54) is 7.11 Å². The first-order valence-electron chi connectivity index (χ1n) is 6.17. The van der Waals surface area contributed by atoms with Crippen LogP contribution in [0.1, 0.15) is 12.5 Å². The van der Waals surface area contributed by atoms with E-state index in [4.69, 9.17) is 9.47 Å². The predicted molar refractivity (Wildman–Crippen MR) is 67.9 cm³/mol. The summed E-state index contributed by atoms with van der Waals surface area (Å²) >= 11 is 0. The summed E-state index contributed by atoms with van der Waals surface area (Å²) in [5.74, 6) is 1.06. The fraction of sp³-hybridized carbons (Fsp3) is 0.538. The molecule has 0 aliphatic carbocycles. The van der Waals surface area contributed by atoms with Crippen LogP contribution in [0.25, 0.3) is 0 Å². The molecule has 1 rings (SSSR count). The van der Waals surface area contributed by atoms with Gasteiger partial charge in [0.15, 0.2) is 0 Å². The maximum absolute atomic E-state index is 11.8. The fourth-order valence-corrected chi connectivity index (χ4v) is 1.51. The van der Waals surface area contributed by atoms with E-state index >= 15 is 0 Å². The first kappa shape index (κ1) is 16.6. The van der Waals surface area contributed by atoms with Crippen LogP contribution in [0.15, 0.2) is 18.2 Å². The number of halogens is 3. The Labute approximate surface area is 115 Å². The first-order valence-corrected chi connectivity index (χ1v) is 6.17. The summed E-state index contributed by atoms with van der Waals surface area (Å²) in [6, 6.07) is 5.22. The van der Waals surface area contributed by atoms with Gasteiger partial charge in [-0.05, 0) is 12.6 Å². The van der Waals surface area contributed by atoms with Gasteiger partial charge in [0.25, 0.3) is 0 Å². The number of rotatable bonds is 8. The highest BCUT2D eigenvalue weighted by molar-refractivity contribution is 5.40. The van der Waals surface area contributed by atoms with Crippen molar-refractivity contribution in [3.05, 3.63) is 23.8 Å². The minimum absolute atomic E-state index is 0.189. The zero-order valence-corrected chi connectivity index (χ0v) is 11.4. The van der Waals surface area contributed by atoms with E-state index in [1.54, 1.807) is 18.2 Å². The van der Waals surface area contributed by atoms with Crippen LogP contribution in [0, 0.1) is 0 Å². The summed E-state index contributed by atoms with van der Waals surface area (Å²) in [5, 5.41) is 3.13. The van der Waals surface area contributed by atoms with Crippen molar-refractivity contribution in [3.63, 3.8) is 0 Å². The predicted octanol–water partition coefficient (Wildman–Crippen LogP) is 2.72. The van der Waals surface area contributed by atoms with E-state index in [0.717, 1.165) is 12.1 Å². The SMILES string of the molecule is CCNCc1ccc(OC)cc1OCCOC(F)(F)F. The quantitative estimate of drug-likeness (QED) is 0.748. The molecule has 1 N–H and O–H groups in total. The molecule has 0 aromatic heterocycles. The lowest BCUT2D eigenvalue weighted by molar-refractivity contribution is -0.325. The molecule has 0 saturated carbocycles. The molecule has 0 radical (unpaired) electrons. The van der Waals surface area contributed by atoms with Crippen molar-refractivity contribution in [1.29, 1.82) is 0 Å². The number of ether oxygens (including phenoxy) is 3. The van der Waals surface area contributed by atoms with Gasteiger partial charge in [0.2, 0.25) is 0 Å². The molecule has 0 heterocycles. The molecule has 0 atom stereocenters. The second-order valence-corrected chi connectivity index (χ2v) is 3.90. The maximum atomic E-state index is 11.8. The van der Waals surface area contributed by atoms with Gasteiger partial charge < -0.3 is 14.8 Å². The molecule has 0 unspecified atom stereocenters. The molecule has 114 valence electrons. The molecule has 0 spiro atoms. The average Bonchev–Trinajstić information content (AvgIpc) is 2.40. The van der Waals surface area contributed by atoms with E-state index in [9.17, 15) is 13.2 Å². The molecule has 0 aliphatic rings. The van der Waals surface area contributed by atoms with Gasteiger partial charge in [-0.15, -0.1) is 13.2 Å². The minimum atomic E-state index is -4.63. The Morgan fingerprint density at radius 2 is 1.95 bits per heavy atom. The zero-order chi connectivity index (χ0) is 15.0. The first-order chi connectivity index (χ1) is 9.46. The van der Waals surface area contributed by atoms with Crippen LogP contribution in [0.4, 0.5) is 13.2 Å². The molecular formula is C13H18F3NO3. The van der Waals surface area contributed by atoms with E-state index in [-0.39, 0.29) is 6.61 Å². The smallest absolute Gasteiger partial charge is 0.497 e. The number of alkyl halides is 3. The lowest BCUT2D eigenvalue weighted by Gasteiger charge is -2.14. The van der Waals surface area contributed by atoms with E-state index in [1.807, 2.05) is 6.92 Å². The second-order valence-electron chi connectivity index (χ2n) is 3.90. The van der Waals surface area contributed by atoms with E-state index < -0.39 is 13.0 Å². The van der Waals surface area contributed by atoms with Crippen molar-refractivity contribution < 1.29 is 27.4 Å². The van der Waals surface area contributed by atoms with Crippen molar-refractivity contribution in [2.24, 2.45) is 0 Å². The highest BCUT2D eigenvalue weighted by Crippen LogP contribution is 2.25. The van der Waals surface area contributed by atoms with Crippen molar-refractivity contribution in [1.82, 2.24) is 5.32 Å². The Hall–Kier alpha value is -1.47. The van der Waals surface area contributed by atoms with Gasteiger partial charge in [0.05, 0.1) is 13.7 Å². The molecular weight excluding hydrogens is 275 g/mol. The van der Waals surface area contributed by atoms with Crippen LogP contribution in [-0.4, -0.2) is 33.2 Å². The highest BCUT2D eigenvalue weighted by atomic mass is 19.4. The van der Waals surface area contributed by atoms with Crippen LogP contribution in [0.2, 0.25) is 0 Å². The highest BCUT2D eigenvalue weighted by Gasteiger charge is 2.28. The number of methoxy groups -OCH3 is 1. The van der Waals surface area contributed by atoms with Crippen LogP contribution in [-0.2, 0) is 11.3 Å². The van der Waals surface area contributed by atoms with Gasteiger partial charge >= 0.3 is 6.36 Å². The van der Waals surface area contributed by atoms with Crippen LogP contribution >= 0.6 is 0 Å². The number of hydrogen-bond donors (Lipinski definition) is 1. The third-order valence-electron chi connectivity index (χ3n) is 2.45. The van der Waals surface area contributed by atoms with E-state index in [0.29, 0.717) is 18.0 Å². The van der Waals surface area contributed by atoms with Crippen LogP contribution in [0.3, 0.4) is 0 Å². The molecule has 1 aromatic rings. The molecule has 7 heteroatoms. The summed E-state index contributed by atoms with van der Waals surface area (Å²) in [6.45, 7) is 2.56. The minimum Gasteiger partial charge on any atom is -0.497 e. The molecule has 0 saturated heterocycles. The standard InChI is InChI=1S/C13H18F3NO3/c1-3-17-9-10-4-5-11(18-2)8-12(10)19-6-7-20-13(14,15)16/h4-5,8,17H,3,6-7,9H2,1-2H3. The Balaban J connectivity index is 2.60. The summed E-state index contributed by atoms with van der Waals surface area (Å²) in [6.07, 6.45) is -4.63. The van der Waals surface area contributed by atoms with Crippen LogP contribution < -0.4 is 14.8 Å². The van der Waals surface area contributed by atoms with E-state index in [2.05, 4.69) is 10.1 Å². The lowest BCUT2D eigenvalue weighted by Crippen LogP contribution is -2.19. The van der Waals surface area contributed by atoms with Crippen molar-refractivity contribution in [2.75, 3.05) is 26.9 Å². The van der Waals surface area contributed by atoms with Crippen molar-refractivity contribution in [2.45, 2.75) is 19.8 Å². The monoisotopic (exact) mass is 293 g/mol. The largest absolute Gasteiger partial charge is 0.522 e. The van der Waals surface area contributed by atoms with Gasteiger partial charge in [-0.3, -0.25) is 4.74 Å². The number of benzene rings is 1. The Kier molecular flexibility index (Phi) is 6.60. The van der Waals surface area contributed by atoms with Gasteiger partial charge in [-0.25, -0.2) is 0 Å². The molecule has 0 amide bonds. The molecule has 1 aromatic carbocycles. The fourth-order valence-electron chi connectivity index (χ4n) is 1.51. The summed E-state index contributed by atoms with van der Waals surface area (Å²) in [4.78, 5) is 0. The van der Waals surface area contributed by atoms with Crippen molar-refractivity contribution in [3.8, 4) is 11.5 Å². The summed E-state index contributed by atoms with van der Waals surface area (Å²) in [7, 11) is 1.51. The van der Waals surface area contributed by atoms with Crippen molar-refractivity contribution >= 4 is 0 Å². The van der Waals surface area contributed by atoms with Crippen LogP contribution in [0.5, 0.6) is 11.5 Å². The second kappa shape index (κ2) is 7.96. The van der Waals surface area contributed by atoms with Gasteiger partial charge in [-0.1, -0.05) is 13.0 Å². The summed E-state index contributed by atoms with van der Waals surface area (Å²) < 4.78 is 49.6. The molecule has 0 fully saturated rings. The topological polar surface area (TPSA) is 39.7 Å². The Morgan fingerprint density at radius 3 is 2.55 bits per heavy atom. The Morgan fingerprint density at radius 1 is 1.20 bits per heavy atom. The van der Waals surface area contributed by atoms with Gasteiger partial charge in [0.1, 0.15) is 18.1 Å². The average molecular weight is 293 g/mol.